The van der Waals surface area contributed by atoms with E-state index in [0.717, 1.165) is 44.7 Å². The summed E-state index contributed by atoms with van der Waals surface area (Å²) < 4.78 is 4.79. The molecule has 0 bridgehead atoms. The van der Waals surface area contributed by atoms with Gasteiger partial charge in [-0.05, 0) is 88.0 Å². The Labute approximate surface area is 301 Å². The van der Waals surface area contributed by atoms with Crippen LogP contribution in [0.5, 0.6) is 0 Å². The molecule has 0 aliphatic rings. The maximum atomic E-state index is 8.07. The molecule has 2 aromatic heterocycles. The molecule has 52 heavy (non-hydrogen) atoms. The molecule has 0 spiro atoms. The molecule has 10 rings (SSSR count). The molecule has 0 aliphatic carbocycles. The van der Waals surface area contributed by atoms with Crippen LogP contribution in [-0.2, 0) is 0 Å². The Bertz CT molecular complexity index is 2940. The van der Waals surface area contributed by atoms with Crippen molar-refractivity contribution >= 4 is 49.3 Å². The van der Waals surface area contributed by atoms with Crippen molar-refractivity contribution in [2.45, 2.75) is 0 Å². The second-order valence-corrected chi connectivity index (χ2v) is 13.2. The van der Waals surface area contributed by atoms with Crippen LogP contribution in [0.1, 0.15) is 0 Å². The molecular formula is C49H31N3. The van der Waals surface area contributed by atoms with Gasteiger partial charge in [-0.2, -0.15) is 0 Å². The largest absolute Gasteiger partial charge is 0.309 e. The quantitative estimate of drug-likeness (QED) is 0.163. The third-order valence-corrected chi connectivity index (χ3v) is 10.3. The van der Waals surface area contributed by atoms with Gasteiger partial charge in [0.1, 0.15) is 0 Å². The SMILES string of the molecule is [C-]#[N+]c1cc(-c2ccccc2)c(-n2c3ccccc3c3c(-c4ccc5c(c4)c4ccccc4n5-c4ccccc4)cccc32)c(-c2ccccc2)c1. The topological polar surface area (TPSA) is 14.2 Å². The van der Waals surface area contributed by atoms with Gasteiger partial charge in [0, 0.05) is 27.2 Å². The molecule has 0 saturated carbocycles. The minimum Gasteiger partial charge on any atom is -0.309 e. The van der Waals surface area contributed by atoms with Crippen LogP contribution in [-0.4, -0.2) is 9.13 Å². The highest BCUT2D eigenvalue weighted by Gasteiger charge is 2.23. The molecule has 0 fully saturated rings. The monoisotopic (exact) mass is 661 g/mol. The van der Waals surface area contributed by atoms with Crippen molar-refractivity contribution in [1.29, 1.82) is 0 Å². The second-order valence-electron chi connectivity index (χ2n) is 13.2. The number of hydrogen-bond donors (Lipinski definition) is 0. The molecule has 0 unspecified atom stereocenters. The summed E-state index contributed by atoms with van der Waals surface area (Å²) in [5.74, 6) is 0. The number of aromatic nitrogens is 2. The van der Waals surface area contributed by atoms with E-state index < -0.39 is 0 Å². The number of benzene rings is 8. The summed E-state index contributed by atoms with van der Waals surface area (Å²) in [7, 11) is 0. The van der Waals surface area contributed by atoms with Crippen LogP contribution in [0, 0.1) is 6.57 Å². The summed E-state index contributed by atoms with van der Waals surface area (Å²) in [6, 6.07) is 66.7. The van der Waals surface area contributed by atoms with E-state index in [1.165, 1.54) is 43.7 Å². The van der Waals surface area contributed by atoms with Crippen molar-refractivity contribution in [2.75, 3.05) is 0 Å². The van der Waals surface area contributed by atoms with Crippen LogP contribution in [0.15, 0.2) is 188 Å². The molecule has 0 amide bonds. The van der Waals surface area contributed by atoms with Crippen LogP contribution in [0.4, 0.5) is 5.69 Å². The highest BCUT2D eigenvalue weighted by Crippen LogP contribution is 2.46. The fourth-order valence-corrected chi connectivity index (χ4v) is 8.10. The van der Waals surface area contributed by atoms with Crippen LogP contribution in [0.2, 0.25) is 0 Å². The van der Waals surface area contributed by atoms with Crippen molar-refractivity contribution < 1.29 is 0 Å². The first-order chi connectivity index (χ1) is 25.8. The Morgan fingerprint density at radius 1 is 0.365 bits per heavy atom. The summed E-state index contributed by atoms with van der Waals surface area (Å²) in [5.41, 5.74) is 14.0. The van der Waals surface area contributed by atoms with Crippen molar-refractivity contribution in [2.24, 2.45) is 0 Å². The summed E-state index contributed by atoms with van der Waals surface area (Å²) in [6.45, 7) is 8.07. The predicted octanol–water partition coefficient (Wildman–Crippen LogP) is 13.4. The molecule has 3 nitrogen and oxygen atoms in total. The maximum Gasteiger partial charge on any atom is 0.188 e. The minimum atomic E-state index is 0.617. The van der Waals surface area contributed by atoms with E-state index in [-0.39, 0.29) is 0 Å². The number of para-hydroxylation sites is 3. The van der Waals surface area contributed by atoms with Gasteiger partial charge < -0.3 is 9.13 Å². The number of fused-ring (bicyclic) bond motifs is 6. The van der Waals surface area contributed by atoms with E-state index in [1.807, 2.05) is 24.3 Å². The van der Waals surface area contributed by atoms with Crippen molar-refractivity contribution in [3.05, 3.63) is 199 Å². The molecule has 0 N–H and O–H groups in total. The normalized spacial score (nSPS) is 11.4. The molecule has 0 atom stereocenters. The van der Waals surface area contributed by atoms with Gasteiger partial charge in [0.2, 0.25) is 0 Å². The van der Waals surface area contributed by atoms with E-state index in [4.69, 9.17) is 6.57 Å². The van der Waals surface area contributed by atoms with Crippen LogP contribution >= 0.6 is 0 Å². The van der Waals surface area contributed by atoms with E-state index in [2.05, 4.69) is 178 Å². The standard InChI is InChI=1S/C49H31N3/c1-50-36-31-41(33-16-5-2-6-17-33)49(42(32-36)34-18-7-3-8-19-34)52-45-26-14-12-23-40(45)48-38(24-15-27-47(48)52)35-28-29-46-43(30-35)39-22-11-13-25-44(39)51(46)37-20-9-4-10-21-37/h2-32H. The summed E-state index contributed by atoms with van der Waals surface area (Å²) in [5, 5.41) is 4.85. The number of rotatable bonds is 5. The number of hydrogen-bond acceptors (Lipinski definition) is 0. The Morgan fingerprint density at radius 2 is 0.904 bits per heavy atom. The zero-order chi connectivity index (χ0) is 34.6. The molecular weight excluding hydrogens is 631 g/mol. The Morgan fingerprint density at radius 3 is 1.56 bits per heavy atom. The van der Waals surface area contributed by atoms with Gasteiger partial charge in [-0.25, -0.2) is 4.85 Å². The lowest BCUT2D eigenvalue weighted by Gasteiger charge is -2.20. The average molecular weight is 662 g/mol. The molecule has 0 aliphatic heterocycles. The molecule has 0 saturated heterocycles. The molecule has 3 heteroatoms. The average Bonchev–Trinajstić information content (AvgIpc) is 3.74. The fraction of sp³-hybridized carbons (Fsp3) is 0. The summed E-state index contributed by atoms with van der Waals surface area (Å²) >= 11 is 0. The van der Waals surface area contributed by atoms with Gasteiger partial charge in [0.25, 0.3) is 0 Å². The van der Waals surface area contributed by atoms with Gasteiger partial charge in [0.15, 0.2) is 5.69 Å². The second kappa shape index (κ2) is 12.0. The van der Waals surface area contributed by atoms with Crippen LogP contribution in [0.3, 0.4) is 0 Å². The van der Waals surface area contributed by atoms with E-state index >= 15 is 0 Å². The van der Waals surface area contributed by atoms with Gasteiger partial charge >= 0.3 is 0 Å². The fourth-order valence-electron chi connectivity index (χ4n) is 8.10. The first-order valence-electron chi connectivity index (χ1n) is 17.6. The Kier molecular flexibility index (Phi) is 6.87. The lowest BCUT2D eigenvalue weighted by Crippen LogP contribution is -2.01. The van der Waals surface area contributed by atoms with Gasteiger partial charge in [-0.1, -0.05) is 133 Å². The summed E-state index contributed by atoms with van der Waals surface area (Å²) in [6.07, 6.45) is 0. The highest BCUT2D eigenvalue weighted by molar-refractivity contribution is 6.18. The molecule has 10 aromatic rings. The third-order valence-electron chi connectivity index (χ3n) is 10.3. The van der Waals surface area contributed by atoms with Crippen LogP contribution in [0.25, 0.3) is 93.2 Å². The van der Waals surface area contributed by atoms with Gasteiger partial charge in [-0.15, -0.1) is 0 Å². The van der Waals surface area contributed by atoms with E-state index in [0.29, 0.717) is 5.69 Å². The molecule has 0 radical (unpaired) electrons. The van der Waals surface area contributed by atoms with Crippen LogP contribution < -0.4 is 0 Å². The van der Waals surface area contributed by atoms with Gasteiger partial charge in [0.05, 0.1) is 34.3 Å². The first-order valence-corrected chi connectivity index (χ1v) is 17.6. The highest BCUT2D eigenvalue weighted by atomic mass is 15.0. The third kappa shape index (κ3) is 4.59. The Balaban J connectivity index is 1.29. The zero-order valence-corrected chi connectivity index (χ0v) is 28.2. The molecule has 242 valence electrons. The lowest BCUT2D eigenvalue weighted by atomic mass is 9.94. The smallest absolute Gasteiger partial charge is 0.188 e. The van der Waals surface area contributed by atoms with E-state index in [9.17, 15) is 0 Å². The first kappa shape index (κ1) is 29.7. The van der Waals surface area contributed by atoms with Crippen molar-refractivity contribution in [3.63, 3.8) is 0 Å². The minimum absolute atomic E-state index is 0.617. The van der Waals surface area contributed by atoms with Crippen molar-refractivity contribution in [3.8, 4) is 44.8 Å². The predicted molar refractivity (Wildman–Crippen MR) is 218 cm³/mol. The summed E-state index contributed by atoms with van der Waals surface area (Å²) in [4.78, 5) is 3.95. The number of nitrogens with zero attached hydrogens (tertiary/aromatic N) is 3. The molecule has 8 aromatic carbocycles. The maximum absolute atomic E-state index is 8.07. The lowest BCUT2D eigenvalue weighted by molar-refractivity contribution is 1.18. The van der Waals surface area contributed by atoms with Gasteiger partial charge in [-0.3, -0.25) is 0 Å². The molecule has 2 heterocycles. The van der Waals surface area contributed by atoms with Crippen molar-refractivity contribution in [1.82, 2.24) is 9.13 Å². The Hall–Kier alpha value is -7.15. The zero-order valence-electron chi connectivity index (χ0n) is 28.2. The van der Waals surface area contributed by atoms with E-state index in [1.54, 1.807) is 0 Å².